The van der Waals surface area contributed by atoms with E-state index in [1.807, 2.05) is 30.3 Å². The van der Waals surface area contributed by atoms with Crippen LogP contribution in [-0.2, 0) is 6.42 Å². The molecule has 1 atom stereocenters. The van der Waals surface area contributed by atoms with Crippen LogP contribution in [0.3, 0.4) is 0 Å². The van der Waals surface area contributed by atoms with Crippen molar-refractivity contribution in [2.45, 2.75) is 12.5 Å². The molecule has 4 N–H and O–H groups in total. The molecule has 0 fully saturated rings. The molecule has 27 heavy (non-hydrogen) atoms. The van der Waals surface area contributed by atoms with E-state index in [1.54, 1.807) is 12.3 Å². The summed E-state index contributed by atoms with van der Waals surface area (Å²) in [6.07, 6.45) is 2.44. The molecule has 4 aromatic rings. The topological polar surface area (TPSA) is 92.5 Å². The first-order chi connectivity index (χ1) is 13.1. The summed E-state index contributed by atoms with van der Waals surface area (Å²) < 4.78 is 0. The van der Waals surface area contributed by atoms with Crippen LogP contribution in [0.5, 0.6) is 0 Å². The van der Waals surface area contributed by atoms with Gasteiger partial charge in [0, 0.05) is 33.6 Å². The Balaban J connectivity index is 1.38. The molecule has 6 nitrogen and oxygen atoms in total. The van der Waals surface area contributed by atoms with Gasteiger partial charge in [0.15, 0.2) is 0 Å². The summed E-state index contributed by atoms with van der Waals surface area (Å²) in [5.74, 6) is 0. The number of halogens is 2. The molecule has 2 aromatic heterocycles. The number of hydrogen-bond donors (Lipinski definition) is 3. The number of rotatable bonds is 6. The monoisotopic (exact) mass is 418 g/mol. The van der Waals surface area contributed by atoms with Gasteiger partial charge in [-0.05, 0) is 42.3 Å². The summed E-state index contributed by atoms with van der Waals surface area (Å²) in [5, 5.41) is 22.5. The van der Waals surface area contributed by atoms with Gasteiger partial charge in [-0.1, -0.05) is 40.6 Å². The number of nitrogens with one attached hydrogen (secondary N) is 2. The lowest BCUT2D eigenvalue weighted by molar-refractivity contribution is 0.698. The fourth-order valence-electron chi connectivity index (χ4n) is 2.75. The van der Waals surface area contributed by atoms with Crippen LogP contribution in [0.25, 0.3) is 21.5 Å². The van der Waals surface area contributed by atoms with E-state index < -0.39 is 0 Å². The smallest absolute Gasteiger partial charge is 0.206 e. The molecule has 0 bridgehead atoms. The van der Waals surface area contributed by atoms with E-state index in [2.05, 4.69) is 25.7 Å². The molecule has 0 aliphatic heterocycles. The van der Waals surface area contributed by atoms with Crippen LogP contribution in [-0.4, -0.2) is 33.0 Å². The van der Waals surface area contributed by atoms with Crippen LogP contribution in [0.2, 0.25) is 10.0 Å². The predicted octanol–water partition coefficient (Wildman–Crippen LogP) is 4.37. The van der Waals surface area contributed by atoms with Crippen molar-refractivity contribution in [1.29, 1.82) is 0 Å². The minimum Gasteiger partial charge on any atom is -0.359 e. The molecular weight excluding hydrogens is 403 g/mol. The lowest BCUT2D eigenvalue weighted by Crippen LogP contribution is -2.31. The van der Waals surface area contributed by atoms with E-state index in [4.69, 9.17) is 28.9 Å². The van der Waals surface area contributed by atoms with Crippen LogP contribution < -0.4 is 11.1 Å². The molecule has 0 saturated heterocycles. The SMILES string of the molecule is NC(CNc1nnc(-c2ccc3[nH]ncc3c2)s1)Cc1ccc(Cl)cc1Cl. The number of hydrogen-bond acceptors (Lipinski definition) is 6. The maximum Gasteiger partial charge on any atom is 0.206 e. The summed E-state index contributed by atoms with van der Waals surface area (Å²) in [6, 6.07) is 11.4. The van der Waals surface area contributed by atoms with Gasteiger partial charge in [-0.25, -0.2) is 0 Å². The normalized spacial score (nSPS) is 12.4. The summed E-state index contributed by atoms with van der Waals surface area (Å²) in [4.78, 5) is 0. The van der Waals surface area contributed by atoms with Crippen molar-refractivity contribution < 1.29 is 0 Å². The minimum absolute atomic E-state index is 0.113. The first kappa shape index (κ1) is 18.2. The zero-order chi connectivity index (χ0) is 18.8. The molecule has 4 rings (SSSR count). The Bertz CT molecular complexity index is 1080. The third-order valence-electron chi connectivity index (χ3n) is 4.12. The van der Waals surface area contributed by atoms with E-state index in [9.17, 15) is 0 Å². The van der Waals surface area contributed by atoms with Crippen LogP contribution in [0.1, 0.15) is 5.56 Å². The molecule has 0 aliphatic carbocycles. The van der Waals surface area contributed by atoms with Gasteiger partial charge >= 0.3 is 0 Å². The highest BCUT2D eigenvalue weighted by Crippen LogP contribution is 2.28. The molecule has 0 aliphatic rings. The first-order valence-electron chi connectivity index (χ1n) is 8.29. The van der Waals surface area contributed by atoms with Crippen LogP contribution in [0.15, 0.2) is 42.6 Å². The number of nitrogens with zero attached hydrogens (tertiary/aromatic N) is 3. The van der Waals surface area contributed by atoms with E-state index in [1.165, 1.54) is 11.3 Å². The van der Waals surface area contributed by atoms with E-state index in [0.29, 0.717) is 23.0 Å². The Morgan fingerprint density at radius 3 is 2.89 bits per heavy atom. The molecule has 138 valence electrons. The molecule has 0 spiro atoms. The molecule has 1 unspecified atom stereocenters. The second-order valence-electron chi connectivity index (χ2n) is 6.17. The van der Waals surface area contributed by atoms with Gasteiger partial charge in [-0.15, -0.1) is 10.2 Å². The average molecular weight is 419 g/mol. The lowest BCUT2D eigenvalue weighted by atomic mass is 10.1. The van der Waals surface area contributed by atoms with Gasteiger partial charge in [0.25, 0.3) is 0 Å². The number of aromatic nitrogens is 4. The van der Waals surface area contributed by atoms with Gasteiger partial charge in [-0.3, -0.25) is 5.10 Å². The zero-order valence-electron chi connectivity index (χ0n) is 14.1. The Morgan fingerprint density at radius 1 is 1.15 bits per heavy atom. The number of aromatic amines is 1. The number of anilines is 1. The van der Waals surface area contributed by atoms with E-state index in [0.717, 1.165) is 32.2 Å². The van der Waals surface area contributed by atoms with Gasteiger partial charge in [0.05, 0.1) is 11.7 Å². The summed E-state index contributed by atoms with van der Waals surface area (Å²) in [7, 11) is 0. The van der Waals surface area contributed by atoms with Gasteiger partial charge in [0.1, 0.15) is 5.01 Å². The molecule has 9 heteroatoms. The second-order valence-corrected chi connectivity index (χ2v) is 7.99. The van der Waals surface area contributed by atoms with Gasteiger partial charge < -0.3 is 11.1 Å². The van der Waals surface area contributed by atoms with Crippen molar-refractivity contribution in [3.8, 4) is 10.6 Å². The van der Waals surface area contributed by atoms with Gasteiger partial charge in [0.2, 0.25) is 5.13 Å². The lowest BCUT2D eigenvalue weighted by Gasteiger charge is -2.13. The van der Waals surface area contributed by atoms with Crippen molar-refractivity contribution in [1.82, 2.24) is 20.4 Å². The largest absolute Gasteiger partial charge is 0.359 e. The maximum atomic E-state index is 6.22. The first-order valence-corrected chi connectivity index (χ1v) is 9.86. The Morgan fingerprint density at radius 2 is 2.04 bits per heavy atom. The third-order valence-corrected chi connectivity index (χ3v) is 5.64. The standard InChI is InChI=1S/C18H16Cl2N6S/c19-13-3-1-10(15(20)7-13)6-14(21)9-22-18-26-25-17(27-18)11-2-4-16-12(5-11)8-23-24-16/h1-5,7-8,14H,6,9,21H2,(H,22,26)(H,23,24). The van der Waals surface area contributed by atoms with Crippen molar-refractivity contribution >= 4 is 50.6 Å². The quantitative estimate of drug-likeness (QED) is 0.432. The number of benzene rings is 2. The summed E-state index contributed by atoms with van der Waals surface area (Å²) >= 11 is 13.6. The van der Waals surface area contributed by atoms with Crippen molar-refractivity contribution in [3.63, 3.8) is 0 Å². The summed E-state index contributed by atoms with van der Waals surface area (Å²) in [5.41, 5.74) is 9.19. The van der Waals surface area contributed by atoms with Crippen molar-refractivity contribution in [3.05, 3.63) is 58.2 Å². The third kappa shape index (κ3) is 4.22. The van der Waals surface area contributed by atoms with Crippen molar-refractivity contribution in [2.75, 3.05) is 11.9 Å². The van der Waals surface area contributed by atoms with Crippen LogP contribution >= 0.6 is 34.5 Å². The number of nitrogens with two attached hydrogens (primary N) is 1. The highest BCUT2D eigenvalue weighted by atomic mass is 35.5. The fraction of sp³-hybridized carbons (Fsp3) is 0.167. The molecule has 2 heterocycles. The fourth-order valence-corrected chi connectivity index (χ4v) is 3.98. The van der Waals surface area contributed by atoms with Crippen molar-refractivity contribution in [2.24, 2.45) is 5.73 Å². The minimum atomic E-state index is -0.113. The highest BCUT2D eigenvalue weighted by Gasteiger charge is 2.11. The molecule has 0 radical (unpaired) electrons. The van der Waals surface area contributed by atoms with Crippen LogP contribution in [0, 0.1) is 0 Å². The highest BCUT2D eigenvalue weighted by molar-refractivity contribution is 7.18. The van der Waals surface area contributed by atoms with Gasteiger partial charge in [-0.2, -0.15) is 5.10 Å². The number of H-pyrrole nitrogens is 1. The Kier molecular flexibility index (Phi) is 5.27. The predicted molar refractivity (Wildman–Crippen MR) is 112 cm³/mol. The molecular formula is C18H16Cl2N6S. The molecule has 2 aromatic carbocycles. The Hall–Kier alpha value is -2.19. The molecule has 0 amide bonds. The zero-order valence-corrected chi connectivity index (χ0v) is 16.4. The molecule has 0 saturated carbocycles. The van der Waals surface area contributed by atoms with Crippen LogP contribution in [0.4, 0.5) is 5.13 Å². The number of fused-ring (bicyclic) bond motifs is 1. The van der Waals surface area contributed by atoms with E-state index >= 15 is 0 Å². The van der Waals surface area contributed by atoms with E-state index in [-0.39, 0.29) is 6.04 Å². The Labute approximate surface area is 169 Å². The maximum absolute atomic E-state index is 6.22. The second kappa shape index (κ2) is 7.82. The average Bonchev–Trinajstić information content (AvgIpc) is 3.30. The summed E-state index contributed by atoms with van der Waals surface area (Å²) in [6.45, 7) is 0.564.